The standard InChI is InChI=1S/C19H18N2O3/c1-20-16-15(17(22)21(2)18(20)23)24-19(16,13-9-5-3-6-10-13)14-11-7-4-8-12-14/h3-12,15-16H,1-2H3/t15-,16-/m0/s1. The van der Waals surface area contributed by atoms with Crippen LogP contribution in [0.3, 0.4) is 0 Å². The maximum Gasteiger partial charge on any atom is 0.326 e. The van der Waals surface area contributed by atoms with Crippen molar-refractivity contribution in [2.24, 2.45) is 0 Å². The zero-order chi connectivity index (χ0) is 16.9. The van der Waals surface area contributed by atoms with Crippen LogP contribution in [-0.2, 0) is 15.1 Å². The van der Waals surface area contributed by atoms with Gasteiger partial charge < -0.3 is 9.64 Å². The molecule has 4 rings (SSSR count). The van der Waals surface area contributed by atoms with Gasteiger partial charge in [-0.25, -0.2) is 4.79 Å². The molecule has 0 aromatic heterocycles. The lowest BCUT2D eigenvalue weighted by molar-refractivity contribution is -0.247. The zero-order valence-corrected chi connectivity index (χ0v) is 13.5. The molecule has 0 bridgehead atoms. The van der Waals surface area contributed by atoms with Gasteiger partial charge in [-0.05, 0) is 11.1 Å². The summed E-state index contributed by atoms with van der Waals surface area (Å²) in [6, 6.07) is 18.9. The number of benzene rings is 2. The van der Waals surface area contributed by atoms with Crippen LogP contribution in [0.25, 0.3) is 0 Å². The molecule has 0 aliphatic carbocycles. The maximum atomic E-state index is 12.5. The minimum atomic E-state index is -0.825. The summed E-state index contributed by atoms with van der Waals surface area (Å²) in [6.45, 7) is 0. The van der Waals surface area contributed by atoms with Gasteiger partial charge in [0.05, 0.1) is 0 Å². The molecule has 2 aliphatic heterocycles. The van der Waals surface area contributed by atoms with Crippen molar-refractivity contribution >= 4 is 11.9 Å². The van der Waals surface area contributed by atoms with Gasteiger partial charge >= 0.3 is 6.03 Å². The van der Waals surface area contributed by atoms with Gasteiger partial charge in [0.1, 0.15) is 11.6 Å². The number of hydrogen-bond donors (Lipinski definition) is 0. The molecule has 122 valence electrons. The van der Waals surface area contributed by atoms with E-state index in [1.165, 1.54) is 7.05 Å². The van der Waals surface area contributed by atoms with Crippen LogP contribution in [0.1, 0.15) is 11.1 Å². The molecule has 2 heterocycles. The summed E-state index contributed by atoms with van der Waals surface area (Å²) in [5, 5.41) is 0. The first-order valence-electron chi connectivity index (χ1n) is 7.90. The highest BCUT2D eigenvalue weighted by Crippen LogP contribution is 2.51. The van der Waals surface area contributed by atoms with E-state index in [9.17, 15) is 9.59 Å². The van der Waals surface area contributed by atoms with E-state index in [1.807, 2.05) is 60.7 Å². The van der Waals surface area contributed by atoms with Crippen LogP contribution in [0.4, 0.5) is 4.79 Å². The average Bonchev–Trinajstić information content (AvgIpc) is 2.60. The third kappa shape index (κ3) is 1.79. The fourth-order valence-corrected chi connectivity index (χ4v) is 3.79. The van der Waals surface area contributed by atoms with Gasteiger partial charge in [0.15, 0.2) is 6.10 Å². The van der Waals surface area contributed by atoms with Gasteiger partial charge in [-0.15, -0.1) is 0 Å². The lowest BCUT2D eigenvalue weighted by atomic mass is 9.71. The third-order valence-corrected chi connectivity index (χ3v) is 5.00. The number of nitrogens with zero attached hydrogens (tertiary/aromatic N) is 2. The Hall–Kier alpha value is -2.66. The number of imide groups is 1. The lowest BCUT2D eigenvalue weighted by Gasteiger charge is -2.60. The van der Waals surface area contributed by atoms with Crippen molar-refractivity contribution in [2.75, 3.05) is 14.1 Å². The van der Waals surface area contributed by atoms with Gasteiger partial charge in [0.25, 0.3) is 5.91 Å². The summed E-state index contributed by atoms with van der Waals surface area (Å²) in [7, 11) is 3.22. The van der Waals surface area contributed by atoms with Crippen molar-refractivity contribution in [1.29, 1.82) is 0 Å². The Balaban J connectivity index is 1.88. The van der Waals surface area contributed by atoms with E-state index >= 15 is 0 Å². The SMILES string of the molecule is CN1C(=O)[C@H]2OC(c3ccccc3)(c3ccccc3)[C@H]2N(C)C1=O. The largest absolute Gasteiger partial charge is 0.348 e. The van der Waals surface area contributed by atoms with Crippen molar-refractivity contribution in [1.82, 2.24) is 9.80 Å². The number of rotatable bonds is 2. The van der Waals surface area contributed by atoms with Crippen LogP contribution in [-0.4, -0.2) is 48.0 Å². The van der Waals surface area contributed by atoms with Crippen LogP contribution in [0, 0.1) is 0 Å². The quantitative estimate of drug-likeness (QED) is 0.852. The van der Waals surface area contributed by atoms with Gasteiger partial charge in [-0.3, -0.25) is 9.69 Å². The first kappa shape index (κ1) is 14.9. The van der Waals surface area contributed by atoms with E-state index in [0.717, 1.165) is 16.0 Å². The van der Waals surface area contributed by atoms with Gasteiger partial charge in [-0.2, -0.15) is 0 Å². The maximum absolute atomic E-state index is 12.5. The monoisotopic (exact) mass is 322 g/mol. The molecule has 24 heavy (non-hydrogen) atoms. The number of ether oxygens (including phenoxy) is 1. The molecule has 0 N–H and O–H groups in total. The number of urea groups is 1. The Bertz CT molecular complexity index is 733. The first-order chi connectivity index (χ1) is 11.6. The minimum Gasteiger partial charge on any atom is -0.348 e. The summed E-state index contributed by atoms with van der Waals surface area (Å²) in [6.07, 6.45) is -0.641. The molecule has 2 fully saturated rings. The van der Waals surface area contributed by atoms with Crippen molar-refractivity contribution in [2.45, 2.75) is 17.7 Å². The molecule has 0 unspecified atom stereocenters. The minimum absolute atomic E-state index is 0.286. The summed E-state index contributed by atoms with van der Waals surface area (Å²) < 4.78 is 6.22. The van der Waals surface area contributed by atoms with E-state index in [4.69, 9.17) is 4.74 Å². The molecule has 0 saturated carbocycles. The van der Waals surface area contributed by atoms with Gasteiger partial charge in [0, 0.05) is 14.1 Å². The Morgan fingerprint density at radius 3 is 1.88 bits per heavy atom. The van der Waals surface area contributed by atoms with Crippen molar-refractivity contribution < 1.29 is 14.3 Å². The molecule has 2 aromatic carbocycles. The van der Waals surface area contributed by atoms with Crippen molar-refractivity contribution in [3.8, 4) is 0 Å². The molecule has 5 nitrogen and oxygen atoms in total. The lowest BCUT2D eigenvalue weighted by Crippen LogP contribution is -2.77. The van der Waals surface area contributed by atoms with E-state index in [1.54, 1.807) is 11.9 Å². The van der Waals surface area contributed by atoms with Gasteiger partial charge in [-0.1, -0.05) is 60.7 Å². The fraction of sp³-hybridized carbons (Fsp3) is 0.263. The van der Waals surface area contributed by atoms with E-state index in [0.29, 0.717) is 0 Å². The Morgan fingerprint density at radius 1 is 0.875 bits per heavy atom. The summed E-state index contributed by atoms with van der Waals surface area (Å²) in [4.78, 5) is 27.6. The highest BCUT2D eigenvalue weighted by atomic mass is 16.6. The molecular weight excluding hydrogens is 304 g/mol. The second kappa shape index (κ2) is 5.18. The first-order valence-corrected chi connectivity index (χ1v) is 7.90. The second-order valence-corrected chi connectivity index (χ2v) is 6.24. The highest BCUT2D eigenvalue weighted by Gasteiger charge is 2.66. The molecule has 3 amide bonds. The number of likely N-dealkylation sites (N-methyl/N-ethyl adjacent to an activating group) is 2. The fourth-order valence-electron chi connectivity index (χ4n) is 3.79. The van der Waals surface area contributed by atoms with Crippen molar-refractivity contribution in [3.63, 3.8) is 0 Å². The van der Waals surface area contributed by atoms with Crippen LogP contribution < -0.4 is 0 Å². The zero-order valence-electron chi connectivity index (χ0n) is 13.5. The smallest absolute Gasteiger partial charge is 0.326 e. The van der Waals surface area contributed by atoms with Crippen molar-refractivity contribution in [3.05, 3.63) is 71.8 Å². The number of hydrogen-bond acceptors (Lipinski definition) is 3. The molecule has 2 aliphatic rings. The summed E-state index contributed by atoms with van der Waals surface area (Å²) in [5.74, 6) is -0.286. The molecule has 2 saturated heterocycles. The second-order valence-electron chi connectivity index (χ2n) is 6.24. The van der Waals surface area contributed by atoms with E-state index in [2.05, 4.69) is 0 Å². The van der Waals surface area contributed by atoms with Crippen LogP contribution >= 0.6 is 0 Å². The predicted molar refractivity (Wildman–Crippen MR) is 88.3 cm³/mol. The molecule has 5 heteroatoms. The van der Waals surface area contributed by atoms with Crippen LogP contribution in [0.15, 0.2) is 60.7 Å². The number of fused-ring (bicyclic) bond motifs is 1. The predicted octanol–water partition coefficient (Wildman–Crippen LogP) is 2.22. The third-order valence-electron chi connectivity index (χ3n) is 5.00. The average molecular weight is 322 g/mol. The normalized spacial score (nSPS) is 25.2. The molecule has 2 aromatic rings. The number of amides is 3. The van der Waals surface area contributed by atoms with Crippen LogP contribution in [0.2, 0.25) is 0 Å². The molecular formula is C19H18N2O3. The molecule has 0 radical (unpaired) electrons. The topological polar surface area (TPSA) is 49.9 Å². The van der Waals surface area contributed by atoms with Gasteiger partial charge in [0.2, 0.25) is 0 Å². The molecule has 0 spiro atoms. The number of carbonyl (C=O) groups excluding carboxylic acids is 2. The Morgan fingerprint density at radius 2 is 1.38 bits per heavy atom. The van der Waals surface area contributed by atoms with Crippen LogP contribution in [0.5, 0.6) is 0 Å². The highest BCUT2D eigenvalue weighted by molar-refractivity contribution is 6.00. The Kier molecular flexibility index (Phi) is 3.21. The number of carbonyl (C=O) groups is 2. The van der Waals surface area contributed by atoms with E-state index in [-0.39, 0.29) is 18.0 Å². The Labute approximate surface area is 140 Å². The summed E-state index contributed by atoms with van der Waals surface area (Å²) >= 11 is 0. The van der Waals surface area contributed by atoms with E-state index < -0.39 is 11.7 Å². The molecule has 2 atom stereocenters. The summed E-state index contributed by atoms with van der Waals surface area (Å²) in [5.41, 5.74) is 1.05.